The van der Waals surface area contributed by atoms with Gasteiger partial charge in [0.15, 0.2) is 5.16 Å². The smallest absolute Gasteiger partial charge is 0.337 e. The van der Waals surface area contributed by atoms with Crippen LogP contribution in [0.2, 0.25) is 0 Å². The molecule has 1 fully saturated rings. The topological polar surface area (TPSA) is 93.4 Å². The molecular formula is C18H21N3O4S. The average Bonchev–Trinajstić information content (AvgIpc) is 3.39. The molecule has 1 aromatic heterocycles. The molecule has 0 saturated heterocycles. The van der Waals surface area contributed by atoms with E-state index in [-0.39, 0.29) is 25.0 Å². The molecular weight excluding hydrogens is 354 g/mol. The molecule has 0 spiro atoms. The fourth-order valence-electron chi connectivity index (χ4n) is 2.45. The van der Waals surface area contributed by atoms with E-state index in [0.717, 1.165) is 18.4 Å². The zero-order valence-corrected chi connectivity index (χ0v) is 15.3. The number of nitrogens with zero attached hydrogens (tertiary/aromatic N) is 2. The first-order valence-electron chi connectivity index (χ1n) is 8.35. The van der Waals surface area contributed by atoms with E-state index in [9.17, 15) is 14.7 Å². The Kier molecular flexibility index (Phi) is 5.95. The summed E-state index contributed by atoms with van der Waals surface area (Å²) in [6.45, 7) is -0.0197. The number of ether oxygens (including phenoxy) is 1. The summed E-state index contributed by atoms with van der Waals surface area (Å²) in [5.41, 5.74) is 2.13. The van der Waals surface area contributed by atoms with Gasteiger partial charge in [0.1, 0.15) is 6.54 Å². The van der Waals surface area contributed by atoms with E-state index in [2.05, 4.69) is 15.0 Å². The number of hydrogen-bond donors (Lipinski definition) is 2. The molecule has 0 atom stereocenters. The molecule has 0 unspecified atom stereocenters. The van der Waals surface area contributed by atoms with Crippen molar-refractivity contribution in [3.8, 4) is 0 Å². The summed E-state index contributed by atoms with van der Waals surface area (Å²) in [5, 5.41) is 13.1. The largest absolute Gasteiger partial charge is 0.465 e. The first-order valence-corrected chi connectivity index (χ1v) is 9.34. The number of esters is 1. The van der Waals surface area contributed by atoms with Gasteiger partial charge in [0.05, 0.1) is 31.2 Å². The van der Waals surface area contributed by atoms with Gasteiger partial charge in [-0.2, -0.15) is 0 Å². The van der Waals surface area contributed by atoms with Crippen molar-refractivity contribution >= 4 is 23.6 Å². The summed E-state index contributed by atoms with van der Waals surface area (Å²) in [7, 11) is 1.35. The molecule has 1 heterocycles. The molecule has 1 amide bonds. The Bertz CT molecular complexity index is 784. The first-order chi connectivity index (χ1) is 12.6. The fourth-order valence-corrected chi connectivity index (χ4v) is 3.40. The number of thioether (sulfide) groups is 1. The highest BCUT2D eigenvalue weighted by Crippen LogP contribution is 2.24. The van der Waals surface area contributed by atoms with Gasteiger partial charge in [-0.25, -0.2) is 9.78 Å². The normalized spacial score (nSPS) is 13.5. The summed E-state index contributed by atoms with van der Waals surface area (Å²) in [6.07, 6.45) is 3.66. The second-order valence-corrected chi connectivity index (χ2v) is 7.04. The monoisotopic (exact) mass is 375 g/mol. The number of rotatable bonds is 8. The van der Waals surface area contributed by atoms with Gasteiger partial charge in [0.25, 0.3) is 0 Å². The second kappa shape index (κ2) is 8.37. The van der Waals surface area contributed by atoms with Crippen molar-refractivity contribution in [2.24, 2.45) is 0 Å². The highest BCUT2D eigenvalue weighted by atomic mass is 32.2. The van der Waals surface area contributed by atoms with Crippen molar-refractivity contribution < 1.29 is 19.4 Å². The molecule has 8 heteroatoms. The standard InChI is InChI=1S/C18H21N3O4S/c1-25-17(24)13-4-2-12(3-5-13)11-26-18-19-8-15(10-22)21(18)9-16(23)20-14-6-7-14/h2-5,8,14,22H,6-7,9-11H2,1H3,(H,20,23). The maximum Gasteiger partial charge on any atom is 0.337 e. The number of amides is 1. The van der Waals surface area contributed by atoms with Crippen LogP contribution in [0, 0.1) is 0 Å². The number of carbonyl (C=O) groups is 2. The van der Waals surface area contributed by atoms with Crippen LogP contribution in [0.3, 0.4) is 0 Å². The highest BCUT2D eigenvalue weighted by molar-refractivity contribution is 7.98. The molecule has 1 aliphatic carbocycles. The van der Waals surface area contributed by atoms with Crippen molar-refractivity contribution in [1.82, 2.24) is 14.9 Å². The lowest BCUT2D eigenvalue weighted by Crippen LogP contribution is -2.30. The molecule has 0 bridgehead atoms. The van der Waals surface area contributed by atoms with Crippen LogP contribution in [0.15, 0.2) is 35.6 Å². The van der Waals surface area contributed by atoms with Crippen LogP contribution in [0.4, 0.5) is 0 Å². The van der Waals surface area contributed by atoms with Gasteiger partial charge in [-0.05, 0) is 30.5 Å². The number of imidazole rings is 1. The molecule has 3 rings (SSSR count). The molecule has 1 aromatic carbocycles. The number of aliphatic hydroxyl groups excluding tert-OH is 1. The molecule has 138 valence electrons. The van der Waals surface area contributed by atoms with Gasteiger partial charge in [-0.15, -0.1) is 0 Å². The van der Waals surface area contributed by atoms with Gasteiger partial charge in [0.2, 0.25) is 5.91 Å². The minimum Gasteiger partial charge on any atom is -0.465 e. The number of methoxy groups -OCH3 is 1. The van der Waals surface area contributed by atoms with E-state index in [1.807, 2.05) is 12.1 Å². The minimum atomic E-state index is -0.367. The lowest BCUT2D eigenvalue weighted by Gasteiger charge is -2.11. The zero-order chi connectivity index (χ0) is 18.5. The van der Waals surface area contributed by atoms with Gasteiger partial charge in [0, 0.05) is 11.8 Å². The minimum absolute atomic E-state index is 0.0653. The third-order valence-electron chi connectivity index (χ3n) is 4.05. The lowest BCUT2D eigenvalue weighted by atomic mass is 10.1. The van der Waals surface area contributed by atoms with Gasteiger partial charge in [-0.3, -0.25) is 4.79 Å². The quantitative estimate of drug-likeness (QED) is 0.539. The van der Waals surface area contributed by atoms with Gasteiger partial charge in [-0.1, -0.05) is 23.9 Å². The summed E-state index contributed by atoms with van der Waals surface area (Å²) in [6, 6.07) is 7.46. The van der Waals surface area contributed by atoms with Crippen LogP contribution in [0.25, 0.3) is 0 Å². The Balaban J connectivity index is 1.64. The Labute approximate surface area is 155 Å². The number of aromatic nitrogens is 2. The van der Waals surface area contributed by atoms with Crippen molar-refractivity contribution in [3.63, 3.8) is 0 Å². The highest BCUT2D eigenvalue weighted by Gasteiger charge is 2.24. The summed E-state index contributed by atoms with van der Waals surface area (Å²) in [4.78, 5) is 27.9. The SMILES string of the molecule is COC(=O)c1ccc(CSc2ncc(CO)n2CC(=O)NC2CC2)cc1. The number of carbonyl (C=O) groups excluding carboxylic acids is 2. The fraction of sp³-hybridized carbons (Fsp3) is 0.389. The molecule has 2 aromatic rings. The number of hydrogen-bond acceptors (Lipinski definition) is 6. The van der Waals surface area contributed by atoms with Crippen LogP contribution >= 0.6 is 11.8 Å². The predicted octanol–water partition coefficient (Wildman–Crippen LogP) is 1.73. The third-order valence-corrected chi connectivity index (χ3v) is 5.11. The van der Waals surface area contributed by atoms with E-state index in [4.69, 9.17) is 0 Å². The maximum atomic E-state index is 12.1. The molecule has 7 nitrogen and oxygen atoms in total. The van der Waals surface area contributed by atoms with Crippen molar-refractivity contribution in [1.29, 1.82) is 0 Å². The van der Waals surface area contributed by atoms with E-state index in [1.54, 1.807) is 22.9 Å². The summed E-state index contributed by atoms with van der Waals surface area (Å²) in [5.74, 6) is 0.201. The lowest BCUT2D eigenvalue weighted by molar-refractivity contribution is -0.122. The molecule has 26 heavy (non-hydrogen) atoms. The third kappa shape index (κ3) is 4.64. The van der Waals surface area contributed by atoms with Gasteiger partial charge < -0.3 is 19.7 Å². The predicted molar refractivity (Wildman–Crippen MR) is 96.7 cm³/mol. The maximum absolute atomic E-state index is 12.1. The summed E-state index contributed by atoms with van der Waals surface area (Å²) >= 11 is 1.48. The number of benzene rings is 1. The van der Waals surface area contributed by atoms with Gasteiger partial charge >= 0.3 is 5.97 Å². The van der Waals surface area contributed by atoms with Crippen LogP contribution in [-0.4, -0.2) is 39.7 Å². The molecule has 2 N–H and O–H groups in total. The Hall–Kier alpha value is -2.32. The Morgan fingerprint density at radius 2 is 2.08 bits per heavy atom. The van der Waals surface area contributed by atoms with Crippen molar-refractivity contribution in [2.75, 3.05) is 7.11 Å². The number of aliphatic hydroxyl groups is 1. The molecule has 0 aliphatic heterocycles. The molecule has 1 aliphatic rings. The molecule has 1 saturated carbocycles. The Morgan fingerprint density at radius 3 is 2.69 bits per heavy atom. The van der Waals surface area contributed by atoms with Crippen LogP contribution in [0.1, 0.15) is 34.5 Å². The van der Waals surface area contributed by atoms with Crippen molar-refractivity contribution in [2.45, 2.75) is 42.9 Å². The van der Waals surface area contributed by atoms with E-state index in [1.165, 1.54) is 18.9 Å². The summed E-state index contributed by atoms with van der Waals surface area (Å²) < 4.78 is 6.43. The van der Waals surface area contributed by atoms with Crippen LogP contribution < -0.4 is 5.32 Å². The average molecular weight is 375 g/mol. The van der Waals surface area contributed by atoms with Crippen molar-refractivity contribution in [3.05, 3.63) is 47.3 Å². The van der Waals surface area contributed by atoms with Crippen LogP contribution in [-0.2, 0) is 28.4 Å². The van der Waals surface area contributed by atoms with E-state index < -0.39 is 0 Å². The molecule has 0 radical (unpaired) electrons. The Morgan fingerprint density at radius 1 is 1.35 bits per heavy atom. The van der Waals surface area contributed by atoms with E-state index in [0.29, 0.717) is 28.2 Å². The number of nitrogens with one attached hydrogen (secondary N) is 1. The van der Waals surface area contributed by atoms with Crippen LogP contribution in [0.5, 0.6) is 0 Å². The zero-order valence-electron chi connectivity index (χ0n) is 14.5. The first kappa shape index (κ1) is 18.5. The van der Waals surface area contributed by atoms with E-state index >= 15 is 0 Å². The second-order valence-electron chi connectivity index (χ2n) is 6.10.